The minimum atomic E-state index is -1.43. The number of rotatable bonds is 6. The van der Waals surface area contributed by atoms with E-state index in [1.54, 1.807) is 12.4 Å². The summed E-state index contributed by atoms with van der Waals surface area (Å²) in [6, 6.07) is 10.7. The molecule has 154 valence electrons. The third-order valence-corrected chi connectivity index (χ3v) is 13.3. The van der Waals surface area contributed by atoms with E-state index in [0.29, 0.717) is 11.8 Å². The van der Waals surface area contributed by atoms with E-state index in [9.17, 15) is 0 Å². The second-order valence-electron chi connectivity index (χ2n) is 8.79. The third-order valence-electron chi connectivity index (χ3n) is 4.50. The molecule has 0 aliphatic rings. The van der Waals surface area contributed by atoms with Gasteiger partial charge in [-0.2, -0.15) is 0 Å². The molecule has 0 saturated heterocycles. The van der Waals surface area contributed by atoms with E-state index >= 15 is 0 Å². The molecule has 28 heavy (non-hydrogen) atoms. The Balaban J connectivity index is 0.000000362. The fourth-order valence-electron chi connectivity index (χ4n) is 2.92. The van der Waals surface area contributed by atoms with Crippen LogP contribution in [0.4, 0.5) is 11.4 Å². The maximum atomic E-state index is 6.43. The molecule has 2 rings (SSSR count). The molecule has 1 aromatic heterocycles. The van der Waals surface area contributed by atoms with E-state index in [1.165, 1.54) is 22.5 Å². The topological polar surface area (TPSA) is 19.4 Å². The van der Waals surface area contributed by atoms with Gasteiger partial charge in [0, 0.05) is 32.2 Å². The van der Waals surface area contributed by atoms with Gasteiger partial charge >= 0.3 is 131 Å². The molecular weight excluding hydrogens is 442 g/mol. The molecule has 6 heteroatoms. The van der Waals surface area contributed by atoms with Gasteiger partial charge in [-0.1, -0.05) is 0 Å². The van der Waals surface area contributed by atoms with Crippen LogP contribution in [0.3, 0.4) is 0 Å². The Morgan fingerprint density at radius 3 is 1.64 bits per heavy atom. The Morgan fingerprint density at radius 1 is 0.893 bits per heavy atom. The number of hydrogen-bond donors (Lipinski definition) is 0. The third kappa shape index (κ3) is 7.12. The number of aromatic nitrogens is 1. The molecule has 0 amide bonds. The van der Waals surface area contributed by atoms with Crippen molar-refractivity contribution in [2.24, 2.45) is 0 Å². The second kappa shape index (κ2) is 11.3. The first-order valence-electron chi connectivity index (χ1n) is 9.87. The van der Waals surface area contributed by atoms with Crippen LogP contribution in [-0.4, -0.2) is 42.0 Å². The van der Waals surface area contributed by atoms with Gasteiger partial charge in [-0.25, -0.2) is 0 Å². The molecule has 0 aliphatic carbocycles. The zero-order chi connectivity index (χ0) is 21.5. The number of hydrogen-bond acceptors (Lipinski definition) is 3. The Labute approximate surface area is 184 Å². The summed E-state index contributed by atoms with van der Waals surface area (Å²) < 4.78 is 2.58. The molecule has 0 atom stereocenters. The quantitative estimate of drug-likeness (QED) is 0.442. The molecule has 0 unspecified atom stereocenters. The summed E-state index contributed by atoms with van der Waals surface area (Å²) in [6.07, 6.45) is 3.57. The molecule has 0 fully saturated rings. The van der Waals surface area contributed by atoms with Gasteiger partial charge in [0.25, 0.3) is 0 Å². The Kier molecular flexibility index (Phi) is 10.1. The molecule has 2 radical (unpaired) electrons. The predicted octanol–water partition coefficient (Wildman–Crippen LogP) is 6.50. The zero-order valence-electron chi connectivity index (χ0n) is 18.9. The SMILES string of the molecule is CC(C)c1cccc(C(C)C)c1[N]([Ge][Cl])[Si](C)(C)C.CN(C)c1ccncc1. The van der Waals surface area contributed by atoms with Gasteiger partial charge < -0.3 is 4.90 Å². The Morgan fingerprint density at radius 2 is 1.36 bits per heavy atom. The van der Waals surface area contributed by atoms with Crippen molar-refractivity contribution in [3.8, 4) is 0 Å². The van der Waals surface area contributed by atoms with Crippen LogP contribution in [0.25, 0.3) is 0 Å². The second-order valence-corrected chi connectivity index (χ2v) is 16.7. The van der Waals surface area contributed by atoms with Gasteiger partial charge in [-0.05, 0) is 12.1 Å². The van der Waals surface area contributed by atoms with E-state index in [2.05, 4.69) is 74.0 Å². The molecular formula is C22H36ClGeN3Si. The average molecular weight is 479 g/mol. The maximum Gasteiger partial charge on any atom is 0.0391 e. The van der Waals surface area contributed by atoms with E-state index < -0.39 is 23.0 Å². The van der Waals surface area contributed by atoms with Crippen molar-refractivity contribution in [2.75, 3.05) is 22.5 Å². The Hall–Kier alpha value is -0.980. The van der Waals surface area contributed by atoms with Gasteiger partial charge in [0.1, 0.15) is 0 Å². The van der Waals surface area contributed by atoms with Crippen LogP contribution in [0, 0.1) is 0 Å². The fraction of sp³-hybridized carbons (Fsp3) is 0.500. The van der Waals surface area contributed by atoms with Crippen LogP contribution in [0.2, 0.25) is 19.6 Å². The van der Waals surface area contributed by atoms with Crippen molar-refractivity contribution >= 4 is 44.3 Å². The number of halogens is 1. The normalized spacial score (nSPS) is 11.3. The molecule has 0 aliphatic heterocycles. The van der Waals surface area contributed by atoms with Crippen LogP contribution in [0.15, 0.2) is 42.7 Å². The number of nitrogens with zero attached hydrogens (tertiary/aromatic N) is 3. The zero-order valence-corrected chi connectivity index (χ0v) is 22.8. The number of pyridine rings is 1. The summed E-state index contributed by atoms with van der Waals surface area (Å²) in [5.41, 5.74) is 5.54. The van der Waals surface area contributed by atoms with Gasteiger partial charge in [-0.15, -0.1) is 0 Å². The molecule has 1 aromatic carbocycles. The molecule has 1 heterocycles. The van der Waals surface area contributed by atoms with Crippen molar-refractivity contribution in [3.63, 3.8) is 0 Å². The van der Waals surface area contributed by atoms with Crippen molar-refractivity contribution in [3.05, 3.63) is 53.9 Å². The summed E-state index contributed by atoms with van der Waals surface area (Å²) >= 11 is -0.584. The first-order chi connectivity index (χ1) is 13.0. The van der Waals surface area contributed by atoms with Gasteiger partial charge in [0.05, 0.1) is 0 Å². The van der Waals surface area contributed by atoms with Crippen molar-refractivity contribution < 1.29 is 0 Å². The maximum absolute atomic E-state index is 6.43. The van der Waals surface area contributed by atoms with Crippen LogP contribution in [-0.2, 0) is 0 Å². The van der Waals surface area contributed by atoms with Crippen molar-refractivity contribution in [1.29, 1.82) is 0 Å². The smallest absolute Gasteiger partial charge is 0.0391 e. The van der Waals surface area contributed by atoms with Gasteiger partial charge in [0.15, 0.2) is 0 Å². The first kappa shape index (κ1) is 25.1. The summed E-state index contributed by atoms with van der Waals surface area (Å²) in [4.78, 5) is 5.94. The largest absolute Gasteiger partial charge is 0.378 e. The fourth-order valence-corrected chi connectivity index (χ4v) is 10.8. The Bertz CT molecular complexity index is 689. The average Bonchev–Trinajstić information content (AvgIpc) is 2.62. The monoisotopic (exact) mass is 479 g/mol. The molecule has 3 nitrogen and oxygen atoms in total. The molecule has 0 spiro atoms. The van der Waals surface area contributed by atoms with Crippen molar-refractivity contribution in [1.82, 2.24) is 4.98 Å². The number of anilines is 2. The van der Waals surface area contributed by atoms with Crippen LogP contribution >= 0.6 is 10.0 Å². The van der Waals surface area contributed by atoms with Crippen LogP contribution in [0.1, 0.15) is 50.7 Å². The van der Waals surface area contributed by atoms with Crippen molar-refractivity contribution in [2.45, 2.75) is 59.2 Å². The van der Waals surface area contributed by atoms with Gasteiger partial charge in [-0.3, -0.25) is 4.98 Å². The minimum absolute atomic E-state index is 0.544. The van der Waals surface area contributed by atoms with Gasteiger partial charge in [0.2, 0.25) is 0 Å². The van der Waals surface area contributed by atoms with E-state index in [0.717, 1.165) is 0 Å². The number of para-hydroxylation sites is 1. The summed E-state index contributed by atoms with van der Waals surface area (Å²) in [7, 11) is 9.02. The van der Waals surface area contributed by atoms with E-state index in [-0.39, 0.29) is 0 Å². The predicted molar refractivity (Wildman–Crippen MR) is 131 cm³/mol. The summed E-state index contributed by atoms with van der Waals surface area (Å²) in [6.45, 7) is 16.3. The molecule has 0 bridgehead atoms. The summed E-state index contributed by atoms with van der Waals surface area (Å²) in [5.74, 6) is 1.09. The number of benzene rings is 1. The molecule has 0 N–H and O–H groups in total. The first-order valence-corrected chi connectivity index (χ1v) is 17.0. The van der Waals surface area contributed by atoms with E-state index in [1.807, 2.05) is 31.1 Å². The summed E-state index contributed by atoms with van der Waals surface area (Å²) in [5, 5.41) is 0. The van der Waals surface area contributed by atoms with Crippen LogP contribution < -0.4 is 8.42 Å². The van der Waals surface area contributed by atoms with E-state index in [4.69, 9.17) is 10.0 Å². The standard InChI is InChI=1S/C15H26ClGeNSi.C7H10N2/c1-11(2)13-9-8-10-14(12(3)4)15(13)18(17-16)19(5,6)7;1-9(2)7-3-5-8-6-4-7/h8-12H,1-7H3;3-6H,1-2H3. The molecule has 0 saturated carbocycles. The molecule has 2 aromatic rings. The van der Waals surface area contributed by atoms with Crippen LogP contribution in [0.5, 0.6) is 0 Å². The minimum Gasteiger partial charge on any atom is -0.378 e.